The highest BCUT2D eigenvalue weighted by Gasteiger charge is 2.31. The first-order valence-corrected chi connectivity index (χ1v) is 6.31. The van der Waals surface area contributed by atoms with E-state index >= 15 is 0 Å². The van der Waals surface area contributed by atoms with E-state index in [9.17, 15) is 9.59 Å². The van der Waals surface area contributed by atoms with Crippen molar-refractivity contribution in [2.45, 2.75) is 33.4 Å². The molecule has 1 saturated heterocycles. The van der Waals surface area contributed by atoms with Crippen LogP contribution in [0.15, 0.2) is 0 Å². The van der Waals surface area contributed by atoms with E-state index in [2.05, 4.69) is 10.3 Å². The zero-order valence-electron chi connectivity index (χ0n) is 10.1. The summed E-state index contributed by atoms with van der Waals surface area (Å²) in [6.45, 7) is 6.19. The Kier molecular flexibility index (Phi) is 3.26. The van der Waals surface area contributed by atoms with Gasteiger partial charge in [0.1, 0.15) is 5.01 Å². The van der Waals surface area contributed by atoms with Crippen molar-refractivity contribution in [2.24, 2.45) is 0 Å². The zero-order valence-corrected chi connectivity index (χ0v) is 10.9. The summed E-state index contributed by atoms with van der Waals surface area (Å²) in [5.74, 6) is -0.356. The van der Waals surface area contributed by atoms with Gasteiger partial charge in [0.25, 0.3) is 0 Å². The summed E-state index contributed by atoms with van der Waals surface area (Å²) in [6.07, 6.45) is 0. The number of nitrogens with one attached hydrogen (secondary N) is 1. The number of hydrogen-bond acceptors (Lipinski definition) is 5. The van der Waals surface area contributed by atoms with Crippen molar-refractivity contribution in [2.75, 3.05) is 6.54 Å². The van der Waals surface area contributed by atoms with Crippen molar-refractivity contribution < 1.29 is 9.59 Å². The van der Waals surface area contributed by atoms with Gasteiger partial charge < -0.3 is 0 Å². The molecule has 1 fully saturated rings. The molecule has 2 heterocycles. The van der Waals surface area contributed by atoms with Crippen LogP contribution >= 0.6 is 11.3 Å². The average molecular weight is 253 g/mol. The van der Waals surface area contributed by atoms with Crippen LogP contribution in [0.4, 0.5) is 0 Å². The summed E-state index contributed by atoms with van der Waals surface area (Å²) in [7, 11) is 0. The second-order valence-corrected chi connectivity index (χ2v) is 5.46. The lowest BCUT2D eigenvalue weighted by molar-refractivity contribution is -0.149. The average Bonchev–Trinajstić information content (AvgIpc) is 2.59. The number of piperazine rings is 1. The van der Waals surface area contributed by atoms with E-state index in [1.165, 1.54) is 16.2 Å². The molecule has 92 valence electrons. The molecular formula is C11H15N3O2S. The van der Waals surface area contributed by atoms with Crippen molar-refractivity contribution in [1.82, 2.24) is 15.2 Å². The summed E-state index contributed by atoms with van der Waals surface area (Å²) in [4.78, 5) is 30.3. The van der Waals surface area contributed by atoms with Crippen LogP contribution in [0.3, 0.4) is 0 Å². The maximum atomic E-state index is 11.9. The molecule has 0 spiro atoms. The van der Waals surface area contributed by atoms with E-state index < -0.39 is 0 Å². The van der Waals surface area contributed by atoms with Crippen LogP contribution in [-0.4, -0.2) is 34.3 Å². The Morgan fingerprint density at radius 2 is 2.18 bits per heavy atom. The van der Waals surface area contributed by atoms with Gasteiger partial charge in [-0.25, -0.2) is 4.98 Å². The van der Waals surface area contributed by atoms with Crippen LogP contribution < -0.4 is 5.32 Å². The smallest absolute Gasteiger partial charge is 0.246 e. The molecule has 0 saturated carbocycles. The van der Waals surface area contributed by atoms with Crippen LogP contribution in [0.25, 0.3) is 0 Å². The molecule has 0 aromatic carbocycles. The summed E-state index contributed by atoms with van der Waals surface area (Å²) < 4.78 is 0. The molecule has 0 aliphatic carbocycles. The Morgan fingerprint density at radius 3 is 2.76 bits per heavy atom. The number of carbonyl (C=O) groups excluding carboxylic acids is 2. The number of aromatic nitrogens is 1. The standard InChI is InChI=1S/C11H15N3O2S/c1-6-8(3)17-9(13-6)5-14-10(15)4-12-7(2)11(14)16/h7,12H,4-5H2,1-3H3. The van der Waals surface area contributed by atoms with Gasteiger partial charge in [0.05, 0.1) is 24.8 Å². The summed E-state index contributed by atoms with van der Waals surface area (Å²) in [5, 5.41) is 3.67. The van der Waals surface area contributed by atoms with Gasteiger partial charge in [0, 0.05) is 4.88 Å². The summed E-state index contributed by atoms with van der Waals surface area (Å²) >= 11 is 1.54. The van der Waals surface area contributed by atoms with Crippen LogP contribution in [0, 0.1) is 13.8 Å². The highest BCUT2D eigenvalue weighted by atomic mass is 32.1. The maximum Gasteiger partial charge on any atom is 0.246 e. The lowest BCUT2D eigenvalue weighted by atomic mass is 10.2. The van der Waals surface area contributed by atoms with E-state index in [1.807, 2.05) is 13.8 Å². The minimum atomic E-state index is -0.296. The first kappa shape index (κ1) is 12.2. The largest absolute Gasteiger partial charge is 0.298 e. The predicted molar refractivity (Wildman–Crippen MR) is 64.6 cm³/mol. The molecule has 17 heavy (non-hydrogen) atoms. The molecule has 1 N–H and O–H groups in total. The SMILES string of the molecule is Cc1nc(CN2C(=O)CNC(C)C2=O)sc1C. The Morgan fingerprint density at radius 1 is 1.47 bits per heavy atom. The highest BCUT2D eigenvalue weighted by Crippen LogP contribution is 2.19. The van der Waals surface area contributed by atoms with Gasteiger partial charge >= 0.3 is 0 Å². The molecule has 1 aliphatic heterocycles. The first-order chi connectivity index (χ1) is 7.99. The van der Waals surface area contributed by atoms with Crippen molar-refractivity contribution in [1.29, 1.82) is 0 Å². The van der Waals surface area contributed by atoms with Crippen LogP contribution in [0.1, 0.15) is 22.5 Å². The summed E-state index contributed by atoms with van der Waals surface area (Å²) in [5.41, 5.74) is 0.966. The molecule has 1 unspecified atom stereocenters. The lowest BCUT2D eigenvalue weighted by Crippen LogP contribution is -2.56. The monoisotopic (exact) mass is 253 g/mol. The number of carbonyl (C=O) groups is 2. The molecule has 0 bridgehead atoms. The fourth-order valence-corrected chi connectivity index (χ4v) is 2.61. The molecule has 1 aromatic rings. The van der Waals surface area contributed by atoms with Crippen molar-refractivity contribution in [3.8, 4) is 0 Å². The second kappa shape index (κ2) is 4.54. The van der Waals surface area contributed by atoms with Gasteiger partial charge in [-0.05, 0) is 20.8 Å². The molecule has 2 rings (SSSR count). The predicted octanol–water partition coefficient (Wildman–Crippen LogP) is 0.607. The molecule has 0 radical (unpaired) electrons. The second-order valence-electron chi connectivity index (χ2n) is 4.17. The normalized spacial score (nSPS) is 21.1. The van der Waals surface area contributed by atoms with Gasteiger partial charge in [-0.15, -0.1) is 11.3 Å². The van der Waals surface area contributed by atoms with Gasteiger partial charge in [-0.3, -0.25) is 19.8 Å². The number of rotatable bonds is 2. The lowest BCUT2D eigenvalue weighted by Gasteiger charge is -2.28. The minimum absolute atomic E-state index is 0.174. The number of nitrogens with zero attached hydrogens (tertiary/aromatic N) is 2. The number of thiazole rings is 1. The number of amides is 2. The molecular weight excluding hydrogens is 238 g/mol. The maximum absolute atomic E-state index is 11.9. The van der Waals surface area contributed by atoms with Crippen LogP contribution in [0.5, 0.6) is 0 Å². The molecule has 6 heteroatoms. The third-order valence-electron chi connectivity index (χ3n) is 2.86. The van der Waals surface area contributed by atoms with E-state index in [4.69, 9.17) is 0 Å². The quantitative estimate of drug-likeness (QED) is 0.784. The zero-order chi connectivity index (χ0) is 12.6. The van der Waals surface area contributed by atoms with Gasteiger partial charge in [-0.2, -0.15) is 0 Å². The molecule has 1 aliphatic rings. The first-order valence-electron chi connectivity index (χ1n) is 5.49. The van der Waals surface area contributed by atoms with Gasteiger partial charge in [0.15, 0.2) is 0 Å². The Labute approximate surface area is 104 Å². The molecule has 1 atom stereocenters. The Hall–Kier alpha value is -1.27. The Bertz CT molecular complexity index is 450. The van der Waals surface area contributed by atoms with E-state index in [1.54, 1.807) is 6.92 Å². The molecule has 5 nitrogen and oxygen atoms in total. The molecule has 2 amide bonds. The van der Waals surface area contributed by atoms with Crippen molar-refractivity contribution in [3.63, 3.8) is 0 Å². The topological polar surface area (TPSA) is 62.3 Å². The molecule has 1 aromatic heterocycles. The van der Waals surface area contributed by atoms with Gasteiger partial charge in [-0.1, -0.05) is 0 Å². The van der Waals surface area contributed by atoms with E-state index in [0.717, 1.165) is 15.6 Å². The third-order valence-corrected chi connectivity index (χ3v) is 3.92. The van der Waals surface area contributed by atoms with Crippen LogP contribution in [0.2, 0.25) is 0 Å². The number of hydrogen-bond donors (Lipinski definition) is 1. The number of aryl methyl sites for hydroxylation is 2. The fraction of sp³-hybridized carbons (Fsp3) is 0.545. The Balaban J connectivity index is 2.16. The van der Waals surface area contributed by atoms with Crippen molar-refractivity contribution >= 4 is 23.2 Å². The number of imide groups is 1. The van der Waals surface area contributed by atoms with Gasteiger partial charge in [0.2, 0.25) is 11.8 Å². The van der Waals surface area contributed by atoms with E-state index in [0.29, 0.717) is 6.54 Å². The summed E-state index contributed by atoms with van der Waals surface area (Å²) in [6, 6.07) is -0.296. The van der Waals surface area contributed by atoms with Crippen LogP contribution in [-0.2, 0) is 16.1 Å². The fourth-order valence-electron chi connectivity index (χ4n) is 1.69. The van der Waals surface area contributed by atoms with E-state index in [-0.39, 0.29) is 24.4 Å². The van der Waals surface area contributed by atoms with Crippen molar-refractivity contribution in [3.05, 3.63) is 15.6 Å². The highest BCUT2D eigenvalue weighted by molar-refractivity contribution is 7.11. The third kappa shape index (κ3) is 2.37. The minimum Gasteiger partial charge on any atom is -0.298 e.